The van der Waals surface area contributed by atoms with Gasteiger partial charge in [0.15, 0.2) is 0 Å². The summed E-state index contributed by atoms with van der Waals surface area (Å²) in [5, 5.41) is 11.0. The van der Waals surface area contributed by atoms with E-state index in [4.69, 9.17) is 0 Å². The van der Waals surface area contributed by atoms with Gasteiger partial charge >= 0.3 is 0 Å². The molecule has 0 radical (unpaired) electrons. The Kier molecular flexibility index (Phi) is 4.45. The molecule has 116 valence electrons. The van der Waals surface area contributed by atoms with E-state index in [-0.39, 0.29) is 5.69 Å². The third-order valence-electron chi connectivity index (χ3n) is 3.45. The van der Waals surface area contributed by atoms with Gasteiger partial charge in [0.2, 0.25) is 0 Å². The maximum absolute atomic E-state index is 12.0. The van der Waals surface area contributed by atoms with Gasteiger partial charge in [-0.3, -0.25) is 10.1 Å². The Bertz CT molecular complexity index is 624. The number of nitrogens with zero attached hydrogens (tertiary/aromatic N) is 4. The number of hydrogen-bond acceptors (Lipinski definition) is 5. The molecule has 2 rings (SSSR count). The van der Waals surface area contributed by atoms with Crippen molar-refractivity contribution >= 4 is 21.6 Å². The van der Waals surface area contributed by atoms with E-state index in [1.54, 1.807) is 18.2 Å². The predicted molar refractivity (Wildman–Crippen MR) is 79.5 cm³/mol. The molecule has 1 heterocycles. The van der Waals surface area contributed by atoms with Crippen molar-refractivity contribution in [1.29, 1.82) is 0 Å². The molecule has 0 atom stereocenters. The Hall–Kier alpha value is -1.71. The number of anilines is 1. The van der Waals surface area contributed by atoms with Gasteiger partial charge in [-0.25, -0.2) is 0 Å². The molecule has 0 unspecified atom stereocenters. The zero-order valence-corrected chi connectivity index (χ0v) is 12.8. The van der Waals surface area contributed by atoms with Gasteiger partial charge in [-0.15, -0.1) is 0 Å². The lowest BCUT2D eigenvalue weighted by Crippen LogP contribution is -2.51. The summed E-state index contributed by atoms with van der Waals surface area (Å²) in [7, 11) is -0.446. The first-order chi connectivity index (χ1) is 9.84. The normalized spacial score (nSPS) is 17.2. The molecule has 1 saturated heterocycles. The lowest BCUT2D eigenvalue weighted by molar-refractivity contribution is -0.384. The summed E-state index contributed by atoms with van der Waals surface area (Å²) in [5.74, 6) is 0. The molecule has 0 saturated carbocycles. The first-order valence-electron chi connectivity index (χ1n) is 6.50. The van der Waals surface area contributed by atoms with Gasteiger partial charge in [0.1, 0.15) is 5.69 Å². The minimum absolute atomic E-state index is 0.0430. The first kappa shape index (κ1) is 15.7. The number of rotatable bonds is 4. The Morgan fingerprint density at radius 3 is 2.24 bits per heavy atom. The van der Waals surface area contributed by atoms with Crippen molar-refractivity contribution < 1.29 is 13.3 Å². The molecule has 1 aromatic rings. The number of benzene rings is 1. The molecule has 9 heteroatoms. The fourth-order valence-electron chi connectivity index (χ4n) is 2.28. The Labute approximate surface area is 123 Å². The summed E-state index contributed by atoms with van der Waals surface area (Å²) < 4.78 is 26.6. The number of hydrogen-bond donors (Lipinski definition) is 0. The van der Waals surface area contributed by atoms with Crippen LogP contribution < -0.4 is 4.90 Å². The fraction of sp³-hybridized carbons (Fsp3) is 0.500. The number of nitro groups is 1. The van der Waals surface area contributed by atoms with Crippen molar-refractivity contribution in [3.05, 3.63) is 34.4 Å². The minimum Gasteiger partial charge on any atom is -0.363 e. The average Bonchev–Trinajstić information content (AvgIpc) is 2.47. The van der Waals surface area contributed by atoms with Gasteiger partial charge < -0.3 is 4.90 Å². The summed E-state index contributed by atoms with van der Waals surface area (Å²) in [4.78, 5) is 12.5. The second-order valence-corrected chi connectivity index (χ2v) is 7.06. The SMILES string of the molecule is CN(C)S(=O)(=O)N1CCN(c2ccccc2[N+](=O)[O-])CC1. The Morgan fingerprint density at radius 1 is 1.14 bits per heavy atom. The lowest BCUT2D eigenvalue weighted by atomic mass is 10.2. The van der Waals surface area contributed by atoms with Crippen LogP contribution in [0.2, 0.25) is 0 Å². The van der Waals surface area contributed by atoms with Crippen LogP contribution in [0, 0.1) is 10.1 Å². The van der Waals surface area contributed by atoms with Gasteiger partial charge in [-0.2, -0.15) is 17.0 Å². The predicted octanol–water partition coefficient (Wildman–Crippen LogP) is 0.523. The molecule has 1 aromatic carbocycles. The Morgan fingerprint density at radius 2 is 1.71 bits per heavy atom. The summed E-state index contributed by atoms with van der Waals surface area (Å²) in [6.45, 7) is 1.48. The smallest absolute Gasteiger partial charge is 0.292 e. The highest BCUT2D eigenvalue weighted by molar-refractivity contribution is 7.86. The molecule has 0 aromatic heterocycles. The molecule has 0 aliphatic carbocycles. The fourth-order valence-corrected chi connectivity index (χ4v) is 3.36. The van der Waals surface area contributed by atoms with E-state index in [0.29, 0.717) is 31.9 Å². The summed E-state index contributed by atoms with van der Waals surface area (Å²) in [5.41, 5.74) is 0.575. The molecular formula is C12H18N4O4S. The van der Waals surface area contributed by atoms with Crippen LogP contribution >= 0.6 is 0 Å². The maximum atomic E-state index is 12.0. The standard InChI is InChI=1S/C12H18N4O4S/c1-13(2)21(19,20)15-9-7-14(8-10-15)11-5-3-4-6-12(11)16(17)18/h3-6H,7-10H2,1-2H3. The largest absolute Gasteiger partial charge is 0.363 e. The van der Waals surface area contributed by atoms with Gasteiger partial charge in [0.05, 0.1) is 4.92 Å². The van der Waals surface area contributed by atoms with E-state index in [9.17, 15) is 18.5 Å². The van der Waals surface area contributed by atoms with E-state index in [1.807, 2.05) is 4.90 Å². The molecule has 1 aliphatic heterocycles. The molecule has 0 spiro atoms. The lowest BCUT2D eigenvalue weighted by Gasteiger charge is -2.36. The zero-order valence-electron chi connectivity index (χ0n) is 12.0. The molecule has 8 nitrogen and oxygen atoms in total. The van der Waals surface area contributed by atoms with Gasteiger partial charge in [0.25, 0.3) is 15.9 Å². The number of para-hydroxylation sites is 2. The van der Waals surface area contributed by atoms with Crippen LogP contribution in [0.25, 0.3) is 0 Å². The molecular weight excluding hydrogens is 296 g/mol. The van der Waals surface area contributed by atoms with Crippen LogP contribution in [0.1, 0.15) is 0 Å². The highest BCUT2D eigenvalue weighted by Crippen LogP contribution is 2.28. The topological polar surface area (TPSA) is 87.0 Å². The summed E-state index contributed by atoms with van der Waals surface area (Å²) >= 11 is 0. The quantitative estimate of drug-likeness (QED) is 0.597. The number of piperazine rings is 1. The van der Waals surface area contributed by atoms with Crippen molar-refractivity contribution in [2.45, 2.75) is 0 Å². The van der Waals surface area contributed by atoms with Crippen molar-refractivity contribution in [3.8, 4) is 0 Å². The molecule has 1 aliphatic rings. The van der Waals surface area contributed by atoms with Crippen LogP contribution in [0.5, 0.6) is 0 Å². The third-order valence-corrected chi connectivity index (χ3v) is 5.39. The van der Waals surface area contributed by atoms with Crippen LogP contribution in [0.15, 0.2) is 24.3 Å². The first-order valence-corrected chi connectivity index (χ1v) is 7.89. The monoisotopic (exact) mass is 314 g/mol. The highest BCUT2D eigenvalue weighted by Gasteiger charge is 2.30. The number of nitro benzene ring substituents is 1. The molecule has 0 bridgehead atoms. The van der Waals surface area contributed by atoms with Crippen molar-refractivity contribution in [2.75, 3.05) is 45.2 Å². The average molecular weight is 314 g/mol. The van der Waals surface area contributed by atoms with Crippen LogP contribution in [-0.2, 0) is 10.2 Å². The van der Waals surface area contributed by atoms with E-state index in [2.05, 4.69) is 0 Å². The second kappa shape index (κ2) is 5.96. The molecule has 0 amide bonds. The summed E-state index contributed by atoms with van der Waals surface area (Å²) in [6, 6.07) is 6.51. The van der Waals surface area contributed by atoms with E-state index in [0.717, 1.165) is 0 Å². The van der Waals surface area contributed by atoms with Gasteiger partial charge in [0, 0.05) is 46.3 Å². The maximum Gasteiger partial charge on any atom is 0.292 e. The molecule has 1 fully saturated rings. The van der Waals surface area contributed by atoms with Crippen LogP contribution in [-0.4, -0.2) is 62.2 Å². The van der Waals surface area contributed by atoms with Gasteiger partial charge in [-0.1, -0.05) is 12.1 Å². The third kappa shape index (κ3) is 3.14. The Balaban J connectivity index is 2.14. The van der Waals surface area contributed by atoms with Gasteiger partial charge in [-0.05, 0) is 6.07 Å². The van der Waals surface area contributed by atoms with Crippen LogP contribution in [0.3, 0.4) is 0 Å². The van der Waals surface area contributed by atoms with Crippen molar-refractivity contribution in [1.82, 2.24) is 8.61 Å². The van der Waals surface area contributed by atoms with Crippen molar-refractivity contribution in [2.24, 2.45) is 0 Å². The molecule has 21 heavy (non-hydrogen) atoms. The van der Waals surface area contributed by atoms with E-state index in [1.165, 1.54) is 28.8 Å². The van der Waals surface area contributed by atoms with E-state index < -0.39 is 15.1 Å². The van der Waals surface area contributed by atoms with E-state index >= 15 is 0 Å². The minimum atomic E-state index is -3.43. The van der Waals surface area contributed by atoms with Crippen molar-refractivity contribution in [3.63, 3.8) is 0 Å². The zero-order chi connectivity index (χ0) is 15.6. The second-order valence-electron chi connectivity index (χ2n) is 4.92. The highest BCUT2D eigenvalue weighted by atomic mass is 32.2. The summed E-state index contributed by atoms with van der Waals surface area (Å²) in [6.07, 6.45) is 0. The van der Waals surface area contributed by atoms with Crippen LogP contribution in [0.4, 0.5) is 11.4 Å². The molecule has 0 N–H and O–H groups in total.